The van der Waals surface area contributed by atoms with Gasteiger partial charge in [0.1, 0.15) is 0 Å². The van der Waals surface area contributed by atoms with Gasteiger partial charge in [-0.15, -0.1) is 0 Å². The maximum atomic E-state index is 12.4. The van der Waals surface area contributed by atoms with Crippen LogP contribution in [0, 0.1) is 0 Å². The molecule has 0 bridgehead atoms. The van der Waals surface area contributed by atoms with Gasteiger partial charge in [0, 0.05) is 51.0 Å². The molecule has 0 aromatic heterocycles. The Balaban J connectivity index is 1.45. The topological polar surface area (TPSA) is 61.9 Å². The molecule has 3 rings (SSSR count). The molecule has 0 unspecified atom stereocenters. The molecular weight excluding hydrogens is 318 g/mol. The van der Waals surface area contributed by atoms with Crippen LogP contribution in [0.1, 0.15) is 29.6 Å². The third-order valence-corrected chi connectivity index (χ3v) is 5.03. The molecule has 2 heterocycles. The predicted molar refractivity (Wildman–Crippen MR) is 95.4 cm³/mol. The molecule has 2 aliphatic rings. The highest BCUT2D eigenvalue weighted by atomic mass is 16.5. The van der Waals surface area contributed by atoms with Crippen molar-refractivity contribution in [1.82, 2.24) is 15.1 Å². The molecule has 6 heteroatoms. The third kappa shape index (κ3) is 5.03. The Hall–Kier alpha value is -1.92. The number of nitrogens with zero attached hydrogens (tertiary/aromatic N) is 2. The lowest BCUT2D eigenvalue weighted by Crippen LogP contribution is -2.44. The van der Waals surface area contributed by atoms with E-state index in [-0.39, 0.29) is 18.4 Å². The first kappa shape index (κ1) is 17.9. The quantitative estimate of drug-likeness (QED) is 0.889. The molecule has 2 fully saturated rings. The first-order valence-electron chi connectivity index (χ1n) is 9.17. The zero-order valence-corrected chi connectivity index (χ0v) is 14.7. The Labute approximate surface area is 149 Å². The van der Waals surface area contributed by atoms with Crippen molar-refractivity contribution in [2.45, 2.75) is 25.3 Å². The standard InChI is InChI=1S/C19H27N3O3/c23-18(15-20-19(24)16-5-2-1-3-6-16)22-10-4-9-21(11-12-22)17-7-13-25-14-8-17/h1-3,5-6,17H,4,7-15H2,(H,20,24). The number of carbonyl (C=O) groups excluding carboxylic acids is 2. The summed E-state index contributed by atoms with van der Waals surface area (Å²) in [5.41, 5.74) is 0.580. The summed E-state index contributed by atoms with van der Waals surface area (Å²) < 4.78 is 5.44. The Bertz CT molecular complexity index is 573. The first-order valence-corrected chi connectivity index (χ1v) is 9.17. The van der Waals surface area contributed by atoms with Crippen molar-refractivity contribution >= 4 is 11.8 Å². The summed E-state index contributed by atoms with van der Waals surface area (Å²) in [6.07, 6.45) is 3.15. The molecule has 0 spiro atoms. The summed E-state index contributed by atoms with van der Waals surface area (Å²) in [5.74, 6) is -0.203. The molecule has 1 N–H and O–H groups in total. The number of benzene rings is 1. The summed E-state index contributed by atoms with van der Waals surface area (Å²) in [5, 5.41) is 2.73. The normalized spacial score (nSPS) is 20.1. The number of carbonyl (C=O) groups is 2. The van der Waals surface area contributed by atoms with Gasteiger partial charge < -0.3 is 15.0 Å². The number of rotatable bonds is 4. The highest BCUT2D eigenvalue weighted by Crippen LogP contribution is 2.16. The van der Waals surface area contributed by atoms with Gasteiger partial charge in [0.05, 0.1) is 6.54 Å². The van der Waals surface area contributed by atoms with Gasteiger partial charge >= 0.3 is 0 Å². The summed E-state index contributed by atoms with van der Waals surface area (Å²) in [4.78, 5) is 28.9. The molecule has 1 aromatic carbocycles. The molecule has 0 saturated carbocycles. The van der Waals surface area contributed by atoms with Gasteiger partial charge in [0.15, 0.2) is 0 Å². The molecule has 2 aliphatic heterocycles. The Kier molecular flexibility index (Phi) is 6.42. The molecule has 0 aliphatic carbocycles. The largest absolute Gasteiger partial charge is 0.381 e. The molecule has 2 amide bonds. The lowest BCUT2D eigenvalue weighted by Gasteiger charge is -2.33. The molecular formula is C19H27N3O3. The third-order valence-electron chi connectivity index (χ3n) is 5.03. The van der Waals surface area contributed by atoms with E-state index < -0.39 is 0 Å². The van der Waals surface area contributed by atoms with Crippen molar-refractivity contribution in [3.8, 4) is 0 Å². The summed E-state index contributed by atoms with van der Waals surface area (Å²) in [7, 11) is 0. The van der Waals surface area contributed by atoms with Crippen LogP contribution < -0.4 is 5.32 Å². The van der Waals surface area contributed by atoms with Gasteiger partial charge in [-0.1, -0.05) is 18.2 Å². The number of nitrogens with one attached hydrogen (secondary N) is 1. The highest BCUT2D eigenvalue weighted by Gasteiger charge is 2.25. The van der Waals surface area contributed by atoms with Gasteiger partial charge in [0.2, 0.25) is 5.91 Å². The highest BCUT2D eigenvalue weighted by molar-refractivity contribution is 5.96. The molecule has 25 heavy (non-hydrogen) atoms. The lowest BCUT2D eigenvalue weighted by atomic mass is 10.1. The Morgan fingerprint density at radius 1 is 1.04 bits per heavy atom. The van der Waals surface area contributed by atoms with Crippen LogP contribution in [0.15, 0.2) is 30.3 Å². The maximum absolute atomic E-state index is 12.4. The van der Waals surface area contributed by atoms with Crippen LogP contribution in [0.3, 0.4) is 0 Å². The molecule has 6 nitrogen and oxygen atoms in total. The minimum absolute atomic E-state index is 0.00175. The molecule has 1 aromatic rings. The van der Waals surface area contributed by atoms with Crippen LogP contribution in [0.5, 0.6) is 0 Å². The minimum atomic E-state index is -0.201. The van der Waals surface area contributed by atoms with Gasteiger partial charge in [-0.3, -0.25) is 14.5 Å². The molecule has 0 radical (unpaired) electrons. The van der Waals surface area contributed by atoms with Crippen molar-refractivity contribution in [3.63, 3.8) is 0 Å². The van der Waals surface area contributed by atoms with Crippen LogP contribution in [-0.4, -0.2) is 73.6 Å². The second-order valence-corrected chi connectivity index (χ2v) is 6.66. The van der Waals surface area contributed by atoms with E-state index in [0.29, 0.717) is 11.6 Å². The van der Waals surface area contributed by atoms with Gasteiger partial charge in [-0.25, -0.2) is 0 Å². The predicted octanol–water partition coefficient (Wildman–Crippen LogP) is 1.13. The number of hydrogen-bond acceptors (Lipinski definition) is 4. The average molecular weight is 345 g/mol. The van der Waals surface area contributed by atoms with Crippen molar-refractivity contribution in [2.24, 2.45) is 0 Å². The number of amides is 2. The monoisotopic (exact) mass is 345 g/mol. The van der Waals surface area contributed by atoms with Crippen molar-refractivity contribution in [3.05, 3.63) is 35.9 Å². The lowest BCUT2D eigenvalue weighted by molar-refractivity contribution is -0.130. The van der Waals surface area contributed by atoms with Crippen molar-refractivity contribution in [2.75, 3.05) is 45.9 Å². The van der Waals surface area contributed by atoms with Gasteiger partial charge in [-0.05, 0) is 31.4 Å². The maximum Gasteiger partial charge on any atom is 0.251 e. The van der Waals surface area contributed by atoms with E-state index in [2.05, 4.69) is 10.2 Å². The van der Waals surface area contributed by atoms with Crippen LogP contribution >= 0.6 is 0 Å². The van der Waals surface area contributed by atoms with E-state index in [9.17, 15) is 9.59 Å². The Morgan fingerprint density at radius 2 is 1.80 bits per heavy atom. The van der Waals surface area contributed by atoms with E-state index in [0.717, 1.165) is 58.7 Å². The van der Waals surface area contributed by atoms with Crippen LogP contribution in [-0.2, 0) is 9.53 Å². The zero-order chi connectivity index (χ0) is 17.5. The summed E-state index contributed by atoms with van der Waals surface area (Å²) >= 11 is 0. The second-order valence-electron chi connectivity index (χ2n) is 6.66. The van der Waals surface area contributed by atoms with Gasteiger partial charge in [-0.2, -0.15) is 0 Å². The summed E-state index contributed by atoms with van der Waals surface area (Å²) in [6.45, 7) is 5.18. The van der Waals surface area contributed by atoms with Crippen molar-refractivity contribution < 1.29 is 14.3 Å². The fourth-order valence-electron chi connectivity index (χ4n) is 3.56. The van der Waals surface area contributed by atoms with Crippen molar-refractivity contribution in [1.29, 1.82) is 0 Å². The van der Waals surface area contributed by atoms with Crippen LogP contribution in [0.4, 0.5) is 0 Å². The SMILES string of the molecule is O=C(NCC(=O)N1CCCN(C2CCOCC2)CC1)c1ccccc1. The van der Waals surface area contributed by atoms with E-state index in [1.165, 1.54) is 0 Å². The van der Waals surface area contributed by atoms with E-state index in [1.807, 2.05) is 23.1 Å². The zero-order valence-electron chi connectivity index (χ0n) is 14.7. The fourth-order valence-corrected chi connectivity index (χ4v) is 3.56. The Morgan fingerprint density at radius 3 is 2.56 bits per heavy atom. The van der Waals surface area contributed by atoms with E-state index in [1.54, 1.807) is 12.1 Å². The first-order chi connectivity index (χ1) is 12.2. The summed E-state index contributed by atoms with van der Waals surface area (Å²) in [6, 6.07) is 9.58. The smallest absolute Gasteiger partial charge is 0.251 e. The number of ether oxygens (including phenoxy) is 1. The van der Waals surface area contributed by atoms with Crippen LogP contribution in [0.25, 0.3) is 0 Å². The second kappa shape index (κ2) is 8.97. The van der Waals surface area contributed by atoms with E-state index in [4.69, 9.17) is 4.74 Å². The van der Waals surface area contributed by atoms with E-state index >= 15 is 0 Å². The molecule has 0 atom stereocenters. The number of hydrogen-bond donors (Lipinski definition) is 1. The fraction of sp³-hybridized carbons (Fsp3) is 0.579. The average Bonchev–Trinajstić information content (AvgIpc) is 2.93. The molecule has 2 saturated heterocycles. The van der Waals surface area contributed by atoms with Crippen LogP contribution in [0.2, 0.25) is 0 Å². The minimum Gasteiger partial charge on any atom is -0.381 e. The van der Waals surface area contributed by atoms with Gasteiger partial charge in [0.25, 0.3) is 5.91 Å². The molecule has 136 valence electrons.